The van der Waals surface area contributed by atoms with Gasteiger partial charge in [-0.25, -0.2) is 9.80 Å². The molecule has 2 rings (SSSR count). The van der Waals surface area contributed by atoms with Gasteiger partial charge in [0.2, 0.25) is 3.79 Å². The van der Waals surface area contributed by atoms with Crippen LogP contribution in [0.4, 0.5) is 29.3 Å². The standard InChI is InChI=1S/C18H15Cl5F3N3O2/c19-12-3-6-14(20)15(9-12)28-29(16(30)31-10-17(21,22)23)8-7-27-13-4-1-11(2-5-13)18(24,25)26/h1-6,9,27-28H,7-8,10H2. The Kier molecular flexibility index (Phi) is 9.09. The lowest BCUT2D eigenvalue weighted by molar-refractivity contribution is -0.137. The number of carbonyl (C=O) groups is 1. The summed E-state index contributed by atoms with van der Waals surface area (Å²) >= 11 is 28.9. The van der Waals surface area contributed by atoms with Gasteiger partial charge in [0, 0.05) is 17.3 Å². The van der Waals surface area contributed by atoms with E-state index >= 15 is 0 Å². The van der Waals surface area contributed by atoms with Crippen molar-refractivity contribution in [2.45, 2.75) is 9.97 Å². The first-order valence-electron chi connectivity index (χ1n) is 8.49. The van der Waals surface area contributed by atoms with Gasteiger partial charge in [-0.2, -0.15) is 13.2 Å². The number of nitrogens with zero attached hydrogens (tertiary/aromatic N) is 1. The molecular formula is C18H15Cl5F3N3O2. The van der Waals surface area contributed by atoms with Crippen molar-refractivity contribution in [2.24, 2.45) is 0 Å². The SMILES string of the molecule is O=C(OCC(Cl)(Cl)Cl)N(CCNc1ccc(C(F)(F)F)cc1)Nc1cc(Cl)ccc1Cl. The molecule has 0 unspecified atom stereocenters. The fourth-order valence-corrected chi connectivity index (χ4v) is 2.73. The number of amides is 1. The Bertz CT molecular complexity index is 892. The molecule has 0 saturated heterocycles. The molecule has 0 bridgehead atoms. The van der Waals surface area contributed by atoms with Crippen LogP contribution in [0.3, 0.4) is 0 Å². The molecule has 0 aliphatic heterocycles. The zero-order valence-electron chi connectivity index (χ0n) is 15.5. The fraction of sp³-hybridized carbons (Fsp3) is 0.278. The second-order valence-electron chi connectivity index (χ2n) is 6.06. The van der Waals surface area contributed by atoms with E-state index in [1.807, 2.05) is 0 Å². The summed E-state index contributed by atoms with van der Waals surface area (Å²) in [5, 5.41) is 4.59. The van der Waals surface area contributed by atoms with Crippen LogP contribution in [0.2, 0.25) is 10.0 Å². The Morgan fingerprint density at radius 1 is 1.03 bits per heavy atom. The lowest BCUT2D eigenvalue weighted by Crippen LogP contribution is -2.41. The van der Waals surface area contributed by atoms with Gasteiger partial charge in [0.1, 0.15) is 6.61 Å². The van der Waals surface area contributed by atoms with Gasteiger partial charge in [-0.15, -0.1) is 0 Å². The normalized spacial score (nSPS) is 11.7. The van der Waals surface area contributed by atoms with Crippen molar-refractivity contribution in [3.63, 3.8) is 0 Å². The first kappa shape index (κ1) is 25.8. The highest BCUT2D eigenvalue weighted by Gasteiger charge is 2.30. The average molecular weight is 540 g/mol. The molecule has 0 fully saturated rings. The van der Waals surface area contributed by atoms with E-state index in [1.165, 1.54) is 24.3 Å². The molecule has 0 spiro atoms. The molecule has 2 aromatic carbocycles. The number of rotatable bonds is 7. The van der Waals surface area contributed by atoms with Crippen molar-refractivity contribution in [2.75, 3.05) is 30.4 Å². The van der Waals surface area contributed by atoms with Gasteiger partial charge in [0.05, 0.1) is 22.8 Å². The molecule has 13 heteroatoms. The number of anilines is 2. The zero-order valence-corrected chi connectivity index (χ0v) is 19.2. The molecule has 0 atom stereocenters. The maximum Gasteiger partial charge on any atom is 0.428 e. The quantitative estimate of drug-likeness (QED) is 0.287. The maximum absolute atomic E-state index is 12.7. The number of hydrogen-bond acceptors (Lipinski definition) is 4. The Labute approximate surface area is 201 Å². The zero-order chi connectivity index (χ0) is 23.2. The van der Waals surface area contributed by atoms with Crippen molar-refractivity contribution in [3.8, 4) is 0 Å². The number of halogens is 8. The second kappa shape index (κ2) is 10.9. The van der Waals surface area contributed by atoms with Gasteiger partial charge in [0.25, 0.3) is 0 Å². The largest absolute Gasteiger partial charge is 0.444 e. The van der Waals surface area contributed by atoms with E-state index < -0.39 is 28.2 Å². The Balaban J connectivity index is 2.05. The van der Waals surface area contributed by atoms with Crippen LogP contribution < -0.4 is 10.7 Å². The first-order valence-corrected chi connectivity index (χ1v) is 10.4. The summed E-state index contributed by atoms with van der Waals surface area (Å²) in [6.07, 6.45) is -5.31. The second-order valence-corrected chi connectivity index (χ2v) is 9.42. The van der Waals surface area contributed by atoms with Crippen LogP contribution >= 0.6 is 58.0 Å². The molecule has 0 aliphatic carbocycles. The smallest absolute Gasteiger partial charge is 0.428 e. The third-order valence-corrected chi connectivity index (χ3v) is 4.53. The van der Waals surface area contributed by atoms with Crippen molar-refractivity contribution >= 4 is 75.5 Å². The van der Waals surface area contributed by atoms with Crippen LogP contribution in [0.1, 0.15) is 5.56 Å². The van der Waals surface area contributed by atoms with Gasteiger partial charge < -0.3 is 10.1 Å². The van der Waals surface area contributed by atoms with E-state index in [1.54, 1.807) is 6.07 Å². The summed E-state index contributed by atoms with van der Waals surface area (Å²) in [5.74, 6) is 0. The average Bonchev–Trinajstić information content (AvgIpc) is 2.67. The summed E-state index contributed by atoms with van der Waals surface area (Å²) in [6, 6.07) is 9.01. The number of benzene rings is 2. The van der Waals surface area contributed by atoms with Crippen LogP contribution in [0.5, 0.6) is 0 Å². The number of alkyl halides is 6. The van der Waals surface area contributed by atoms with Gasteiger partial charge in [-0.05, 0) is 42.5 Å². The monoisotopic (exact) mass is 537 g/mol. The highest BCUT2D eigenvalue weighted by molar-refractivity contribution is 6.67. The van der Waals surface area contributed by atoms with E-state index in [2.05, 4.69) is 10.7 Å². The van der Waals surface area contributed by atoms with E-state index in [4.69, 9.17) is 62.7 Å². The molecule has 2 aromatic rings. The Morgan fingerprint density at radius 3 is 2.26 bits per heavy atom. The number of carbonyl (C=O) groups excluding carboxylic acids is 1. The van der Waals surface area contributed by atoms with Crippen LogP contribution in [-0.4, -0.2) is 34.6 Å². The van der Waals surface area contributed by atoms with Crippen molar-refractivity contribution < 1.29 is 22.7 Å². The van der Waals surface area contributed by atoms with Crippen molar-refractivity contribution in [1.29, 1.82) is 0 Å². The topological polar surface area (TPSA) is 53.6 Å². The van der Waals surface area contributed by atoms with E-state index in [0.29, 0.717) is 16.4 Å². The Hall–Kier alpha value is -1.45. The summed E-state index contributed by atoms with van der Waals surface area (Å²) in [4.78, 5) is 12.4. The maximum atomic E-state index is 12.7. The van der Waals surface area contributed by atoms with Gasteiger partial charge in [0.15, 0.2) is 0 Å². The molecule has 0 heterocycles. The number of hydrogen-bond donors (Lipinski definition) is 2. The minimum Gasteiger partial charge on any atom is -0.444 e. The summed E-state index contributed by atoms with van der Waals surface area (Å²) in [5.41, 5.74) is 2.73. The molecule has 170 valence electrons. The van der Waals surface area contributed by atoms with Crippen LogP contribution in [0.25, 0.3) is 0 Å². The van der Waals surface area contributed by atoms with E-state index in [9.17, 15) is 18.0 Å². The highest BCUT2D eigenvalue weighted by atomic mass is 35.6. The predicted molar refractivity (Wildman–Crippen MR) is 118 cm³/mol. The van der Waals surface area contributed by atoms with E-state index in [0.717, 1.165) is 17.1 Å². The lowest BCUT2D eigenvalue weighted by atomic mass is 10.2. The molecule has 2 N–H and O–H groups in total. The lowest BCUT2D eigenvalue weighted by Gasteiger charge is -2.25. The first-order chi connectivity index (χ1) is 14.3. The molecule has 0 aliphatic rings. The third kappa shape index (κ3) is 8.90. The molecule has 0 aromatic heterocycles. The minimum atomic E-state index is -4.43. The molecule has 0 saturated carbocycles. The molecule has 5 nitrogen and oxygen atoms in total. The summed E-state index contributed by atoms with van der Waals surface area (Å²) < 4.78 is 41.1. The predicted octanol–water partition coefficient (Wildman–Crippen LogP) is 7.26. The van der Waals surface area contributed by atoms with Crippen LogP contribution in [0, 0.1) is 0 Å². The number of nitrogens with one attached hydrogen (secondary N) is 2. The van der Waals surface area contributed by atoms with Crippen molar-refractivity contribution in [3.05, 3.63) is 58.1 Å². The number of hydrazine groups is 1. The molecule has 0 radical (unpaired) electrons. The van der Waals surface area contributed by atoms with Crippen molar-refractivity contribution in [1.82, 2.24) is 5.01 Å². The summed E-state index contributed by atoms with van der Waals surface area (Å²) in [6.45, 7) is -0.369. The van der Waals surface area contributed by atoms with Crippen LogP contribution in [-0.2, 0) is 10.9 Å². The molecule has 1 amide bonds. The minimum absolute atomic E-state index is 0.00253. The summed E-state index contributed by atoms with van der Waals surface area (Å²) in [7, 11) is 0. The fourth-order valence-electron chi connectivity index (χ4n) is 2.23. The molecular weight excluding hydrogens is 524 g/mol. The van der Waals surface area contributed by atoms with Gasteiger partial charge in [-0.1, -0.05) is 58.0 Å². The van der Waals surface area contributed by atoms with E-state index in [-0.39, 0.29) is 18.1 Å². The number of ether oxygens (including phenoxy) is 1. The highest BCUT2D eigenvalue weighted by Crippen LogP contribution is 2.30. The van der Waals surface area contributed by atoms with Gasteiger partial charge in [-0.3, -0.25) is 5.43 Å². The van der Waals surface area contributed by atoms with Gasteiger partial charge >= 0.3 is 12.3 Å². The third-order valence-electron chi connectivity index (χ3n) is 3.64. The molecule has 31 heavy (non-hydrogen) atoms. The van der Waals surface area contributed by atoms with Crippen LogP contribution in [0.15, 0.2) is 42.5 Å². The Morgan fingerprint density at radius 2 is 1.68 bits per heavy atom.